The van der Waals surface area contributed by atoms with E-state index in [9.17, 15) is 9.59 Å². The number of carbonyl (C=O) groups excluding carboxylic acids is 2. The van der Waals surface area contributed by atoms with Crippen molar-refractivity contribution in [1.29, 1.82) is 0 Å². The van der Waals surface area contributed by atoms with E-state index < -0.39 is 0 Å². The van der Waals surface area contributed by atoms with Crippen LogP contribution in [0.1, 0.15) is 89.7 Å². The van der Waals surface area contributed by atoms with Crippen LogP contribution in [0.15, 0.2) is 42.5 Å². The number of nitrogens with zero attached hydrogens (tertiary/aromatic N) is 1. The summed E-state index contributed by atoms with van der Waals surface area (Å²) >= 11 is 0. The third-order valence-corrected chi connectivity index (χ3v) is 7.57. The van der Waals surface area contributed by atoms with Crippen molar-refractivity contribution in [3.05, 3.63) is 53.6 Å². The quantitative estimate of drug-likeness (QED) is 0.171. The minimum atomic E-state index is -0.263. The Morgan fingerprint density at radius 2 is 2.00 bits per heavy atom. The summed E-state index contributed by atoms with van der Waals surface area (Å²) < 4.78 is 10.6. The van der Waals surface area contributed by atoms with Crippen molar-refractivity contribution in [3.8, 4) is 0 Å². The number of hydrogen-bond acceptors (Lipinski definition) is 4. The van der Waals surface area contributed by atoms with E-state index in [2.05, 4.69) is 51.1 Å². The minimum Gasteiger partial charge on any atom is -0.457 e. The number of amides is 1. The highest BCUT2D eigenvalue weighted by molar-refractivity contribution is 5.94. The van der Waals surface area contributed by atoms with E-state index in [1.807, 2.05) is 11.0 Å². The van der Waals surface area contributed by atoms with Gasteiger partial charge in [-0.2, -0.15) is 0 Å². The lowest BCUT2D eigenvalue weighted by Crippen LogP contribution is -2.36. The maximum atomic E-state index is 12.4. The number of aryl methyl sites for hydroxylation is 1. The van der Waals surface area contributed by atoms with Crippen molar-refractivity contribution in [2.45, 2.75) is 97.0 Å². The molecule has 1 aromatic carbocycles. The van der Waals surface area contributed by atoms with Gasteiger partial charge in [-0.1, -0.05) is 62.6 Å². The lowest BCUT2D eigenvalue weighted by atomic mass is 9.74. The van der Waals surface area contributed by atoms with Crippen LogP contribution in [0.25, 0.3) is 0 Å². The molecule has 0 aliphatic carbocycles. The molecule has 0 spiro atoms. The number of carbonyl (C=O) groups is 2. The molecule has 1 saturated heterocycles. The summed E-state index contributed by atoms with van der Waals surface area (Å²) in [7, 11) is 0. The van der Waals surface area contributed by atoms with Crippen molar-refractivity contribution in [2.24, 2.45) is 5.92 Å². The van der Waals surface area contributed by atoms with Gasteiger partial charge in [0.1, 0.15) is 6.10 Å². The number of ether oxygens (including phenoxy) is 2. The fourth-order valence-electron chi connectivity index (χ4n) is 5.75. The molecule has 2 unspecified atom stereocenters. The molecule has 198 valence electrons. The van der Waals surface area contributed by atoms with Crippen LogP contribution in [-0.2, 0) is 24.5 Å². The van der Waals surface area contributed by atoms with Crippen molar-refractivity contribution < 1.29 is 19.1 Å². The summed E-state index contributed by atoms with van der Waals surface area (Å²) in [5.41, 5.74) is 3.73. The third kappa shape index (κ3) is 7.55. The highest BCUT2D eigenvalue weighted by Gasteiger charge is 2.42. The number of allylic oxidation sites excluding steroid dienone is 3. The Labute approximate surface area is 217 Å². The lowest BCUT2D eigenvalue weighted by Gasteiger charge is -2.30. The van der Waals surface area contributed by atoms with Crippen molar-refractivity contribution in [2.75, 3.05) is 24.7 Å². The van der Waals surface area contributed by atoms with Crippen molar-refractivity contribution in [3.63, 3.8) is 0 Å². The molecule has 0 bridgehead atoms. The first-order chi connectivity index (χ1) is 17.4. The first kappa shape index (κ1) is 28.2. The number of benzene rings is 1. The van der Waals surface area contributed by atoms with Crippen LogP contribution in [-0.4, -0.2) is 37.7 Å². The number of anilines is 1. The zero-order chi connectivity index (χ0) is 26.0. The van der Waals surface area contributed by atoms with E-state index in [0.717, 1.165) is 70.0 Å². The van der Waals surface area contributed by atoms with Gasteiger partial charge < -0.3 is 14.4 Å². The monoisotopic (exact) mass is 495 g/mol. The number of fused-ring (bicyclic) bond motifs is 1. The minimum absolute atomic E-state index is 0.0276. The van der Waals surface area contributed by atoms with E-state index in [4.69, 9.17) is 9.47 Å². The fraction of sp³-hybridized carbons (Fsp3) is 0.613. The summed E-state index contributed by atoms with van der Waals surface area (Å²) in [6, 6.07) is 6.54. The van der Waals surface area contributed by atoms with E-state index in [0.29, 0.717) is 19.1 Å². The number of rotatable bonds is 13. The van der Waals surface area contributed by atoms with Crippen LogP contribution in [0.2, 0.25) is 0 Å². The van der Waals surface area contributed by atoms with Crippen LogP contribution >= 0.6 is 0 Å². The topological polar surface area (TPSA) is 55.8 Å². The van der Waals surface area contributed by atoms with Crippen LogP contribution in [0.5, 0.6) is 0 Å². The van der Waals surface area contributed by atoms with Gasteiger partial charge >= 0.3 is 5.97 Å². The van der Waals surface area contributed by atoms with Gasteiger partial charge in [0.15, 0.2) is 0 Å². The second-order valence-electron chi connectivity index (χ2n) is 10.6. The zero-order valence-electron chi connectivity index (χ0n) is 22.8. The lowest BCUT2D eigenvalue weighted by molar-refractivity contribution is -0.142. The zero-order valence-corrected chi connectivity index (χ0v) is 22.8. The van der Waals surface area contributed by atoms with E-state index in [1.165, 1.54) is 11.1 Å². The molecule has 5 heteroatoms. The van der Waals surface area contributed by atoms with Crippen LogP contribution in [0.3, 0.4) is 0 Å². The highest BCUT2D eigenvalue weighted by Crippen LogP contribution is 2.47. The Morgan fingerprint density at radius 3 is 2.69 bits per heavy atom. The number of esters is 1. The average molecular weight is 496 g/mol. The molecule has 2 heterocycles. The van der Waals surface area contributed by atoms with Gasteiger partial charge in [0.05, 0.1) is 13.2 Å². The Balaban J connectivity index is 1.56. The summed E-state index contributed by atoms with van der Waals surface area (Å²) in [6.45, 7) is 10.3. The average Bonchev–Trinajstić information content (AvgIpc) is 3.46. The highest BCUT2D eigenvalue weighted by atomic mass is 16.6. The molecule has 1 aromatic rings. The Morgan fingerprint density at radius 1 is 1.17 bits per heavy atom. The molecule has 1 fully saturated rings. The van der Waals surface area contributed by atoms with E-state index in [1.54, 1.807) is 13.0 Å². The van der Waals surface area contributed by atoms with E-state index >= 15 is 0 Å². The molecule has 3 rings (SSSR count). The first-order valence-electron chi connectivity index (χ1n) is 13.9. The molecule has 0 radical (unpaired) electrons. The Kier molecular flexibility index (Phi) is 10.8. The van der Waals surface area contributed by atoms with Gasteiger partial charge in [0.25, 0.3) is 0 Å². The standard InChI is InChI=1S/C31H45NO4/c1-5-11-26(12-7-8-14-30(34)36-27-17-20-35-22-27)13-9-10-19-31(18-6-2)23-32(25(4)33)29-16-15-24(3)21-28(29)31/h8-9,13-16,21,26-27H,5-7,10-12,17-20,22-23H2,1-4H3/b13-9-,14-8-/t26?,27-,31?/m1/s1. The predicted molar refractivity (Wildman–Crippen MR) is 146 cm³/mol. The fourth-order valence-corrected chi connectivity index (χ4v) is 5.75. The molecule has 5 nitrogen and oxygen atoms in total. The molecule has 0 aromatic heterocycles. The summed E-state index contributed by atoms with van der Waals surface area (Å²) in [5.74, 6) is 0.374. The van der Waals surface area contributed by atoms with E-state index in [-0.39, 0.29) is 23.4 Å². The SMILES string of the molecule is CCCC(/C=C\CCC1(CCC)CN(C(C)=O)c2ccc(C)cc21)CC/C=C\C(=O)O[C@@H]1CCOC1. The molecular formula is C31H45NO4. The largest absolute Gasteiger partial charge is 0.457 e. The molecule has 0 saturated carbocycles. The number of hydrogen-bond donors (Lipinski definition) is 0. The second kappa shape index (κ2) is 13.8. The van der Waals surface area contributed by atoms with Gasteiger partial charge in [0.2, 0.25) is 5.91 Å². The summed E-state index contributed by atoms with van der Waals surface area (Å²) in [4.78, 5) is 26.3. The summed E-state index contributed by atoms with van der Waals surface area (Å²) in [6.07, 6.45) is 17.4. The maximum Gasteiger partial charge on any atom is 0.330 e. The Bertz CT molecular complexity index is 931. The molecule has 2 aliphatic heterocycles. The van der Waals surface area contributed by atoms with Crippen LogP contribution < -0.4 is 4.90 Å². The second-order valence-corrected chi connectivity index (χ2v) is 10.6. The molecular weight excluding hydrogens is 450 g/mol. The molecule has 2 aliphatic rings. The summed E-state index contributed by atoms with van der Waals surface area (Å²) in [5, 5.41) is 0. The van der Waals surface area contributed by atoms with Gasteiger partial charge in [0, 0.05) is 37.1 Å². The Hall–Kier alpha value is -2.40. The third-order valence-electron chi connectivity index (χ3n) is 7.57. The van der Waals surface area contributed by atoms with Crippen molar-refractivity contribution >= 4 is 17.6 Å². The van der Waals surface area contributed by atoms with Crippen LogP contribution in [0, 0.1) is 12.8 Å². The van der Waals surface area contributed by atoms with Crippen LogP contribution in [0.4, 0.5) is 5.69 Å². The first-order valence-corrected chi connectivity index (χ1v) is 13.9. The smallest absolute Gasteiger partial charge is 0.330 e. The van der Waals surface area contributed by atoms with Gasteiger partial charge in [-0.05, 0) is 63.0 Å². The van der Waals surface area contributed by atoms with Gasteiger partial charge in [-0.25, -0.2) is 4.79 Å². The maximum absolute atomic E-state index is 12.4. The molecule has 3 atom stereocenters. The molecule has 1 amide bonds. The molecule has 0 N–H and O–H groups in total. The normalized spacial score (nSPS) is 22.4. The van der Waals surface area contributed by atoms with Crippen molar-refractivity contribution in [1.82, 2.24) is 0 Å². The van der Waals surface area contributed by atoms with Gasteiger partial charge in [-0.15, -0.1) is 0 Å². The van der Waals surface area contributed by atoms with Gasteiger partial charge in [-0.3, -0.25) is 4.79 Å². The predicted octanol–water partition coefficient (Wildman–Crippen LogP) is 6.82. The molecule has 36 heavy (non-hydrogen) atoms.